The summed E-state index contributed by atoms with van der Waals surface area (Å²) in [5.74, 6) is 0. The summed E-state index contributed by atoms with van der Waals surface area (Å²) in [5.41, 5.74) is 1.79. The van der Waals surface area contributed by atoms with Crippen molar-refractivity contribution in [2.75, 3.05) is 13.2 Å². The van der Waals surface area contributed by atoms with Gasteiger partial charge < -0.3 is 15.2 Å². The van der Waals surface area contributed by atoms with Gasteiger partial charge in [0, 0.05) is 13.2 Å². The SMILES string of the molecule is CC(C)(C)OC(=O)NCCc1ccccc1CCO. The van der Waals surface area contributed by atoms with Crippen molar-refractivity contribution in [3.05, 3.63) is 35.4 Å². The second-order valence-electron chi connectivity index (χ2n) is 5.42. The van der Waals surface area contributed by atoms with Crippen molar-refractivity contribution in [1.29, 1.82) is 0 Å². The number of hydrogen-bond acceptors (Lipinski definition) is 3. The molecule has 0 aliphatic rings. The van der Waals surface area contributed by atoms with Crippen LogP contribution in [0.2, 0.25) is 0 Å². The first kappa shape index (κ1) is 15.5. The highest BCUT2D eigenvalue weighted by molar-refractivity contribution is 5.67. The van der Waals surface area contributed by atoms with Gasteiger partial charge in [0.1, 0.15) is 5.60 Å². The topological polar surface area (TPSA) is 58.6 Å². The normalized spacial score (nSPS) is 11.2. The van der Waals surface area contributed by atoms with Crippen LogP contribution in [0.1, 0.15) is 31.9 Å². The number of ether oxygens (including phenoxy) is 1. The van der Waals surface area contributed by atoms with Crippen molar-refractivity contribution in [3.8, 4) is 0 Å². The van der Waals surface area contributed by atoms with Crippen molar-refractivity contribution >= 4 is 6.09 Å². The Morgan fingerprint density at radius 2 is 1.79 bits per heavy atom. The number of hydrogen-bond donors (Lipinski definition) is 2. The number of benzene rings is 1. The van der Waals surface area contributed by atoms with E-state index in [2.05, 4.69) is 5.32 Å². The Balaban J connectivity index is 2.43. The molecule has 19 heavy (non-hydrogen) atoms. The number of aliphatic hydroxyl groups excluding tert-OH is 1. The van der Waals surface area contributed by atoms with E-state index in [9.17, 15) is 4.79 Å². The molecule has 0 fully saturated rings. The molecular weight excluding hydrogens is 242 g/mol. The molecule has 0 aliphatic carbocycles. The third kappa shape index (κ3) is 6.25. The average Bonchev–Trinajstić information content (AvgIpc) is 2.29. The maximum absolute atomic E-state index is 11.5. The fourth-order valence-corrected chi connectivity index (χ4v) is 1.78. The van der Waals surface area contributed by atoms with E-state index in [1.807, 2.05) is 45.0 Å². The Morgan fingerprint density at radius 1 is 1.21 bits per heavy atom. The molecule has 0 atom stereocenters. The van der Waals surface area contributed by atoms with Gasteiger partial charge in [0.2, 0.25) is 0 Å². The van der Waals surface area contributed by atoms with Crippen molar-refractivity contribution < 1.29 is 14.6 Å². The molecule has 1 rings (SSSR count). The lowest BCUT2D eigenvalue weighted by Crippen LogP contribution is -2.33. The summed E-state index contributed by atoms with van der Waals surface area (Å²) in [6.45, 7) is 6.17. The van der Waals surface area contributed by atoms with E-state index in [4.69, 9.17) is 9.84 Å². The second-order valence-corrected chi connectivity index (χ2v) is 5.42. The molecule has 0 heterocycles. The molecular formula is C15H23NO3. The highest BCUT2D eigenvalue weighted by Gasteiger charge is 2.15. The van der Waals surface area contributed by atoms with Gasteiger partial charge >= 0.3 is 6.09 Å². The standard InChI is InChI=1S/C15H23NO3/c1-15(2,3)19-14(18)16-10-8-12-6-4-5-7-13(12)9-11-17/h4-7,17H,8-11H2,1-3H3,(H,16,18). The van der Waals surface area contributed by atoms with E-state index in [-0.39, 0.29) is 6.61 Å². The van der Waals surface area contributed by atoms with Crippen LogP contribution in [0.3, 0.4) is 0 Å². The molecule has 2 N–H and O–H groups in total. The second kappa shape index (κ2) is 7.14. The van der Waals surface area contributed by atoms with Crippen molar-refractivity contribution in [2.45, 2.75) is 39.2 Å². The first-order chi connectivity index (χ1) is 8.92. The van der Waals surface area contributed by atoms with Gasteiger partial charge in [-0.15, -0.1) is 0 Å². The first-order valence-electron chi connectivity index (χ1n) is 6.57. The van der Waals surface area contributed by atoms with Gasteiger partial charge in [0.25, 0.3) is 0 Å². The lowest BCUT2D eigenvalue weighted by Gasteiger charge is -2.19. The monoisotopic (exact) mass is 265 g/mol. The predicted molar refractivity (Wildman–Crippen MR) is 75.2 cm³/mol. The van der Waals surface area contributed by atoms with Crippen LogP contribution in [-0.4, -0.2) is 30.0 Å². The fraction of sp³-hybridized carbons (Fsp3) is 0.533. The summed E-state index contributed by atoms with van der Waals surface area (Å²) in [4.78, 5) is 11.5. The Bertz CT molecular complexity index is 410. The molecule has 0 bridgehead atoms. The number of carbonyl (C=O) groups is 1. The third-order valence-electron chi connectivity index (χ3n) is 2.56. The molecule has 4 heteroatoms. The molecule has 106 valence electrons. The molecule has 4 nitrogen and oxygen atoms in total. The van der Waals surface area contributed by atoms with Gasteiger partial charge in [-0.1, -0.05) is 24.3 Å². The molecule has 0 unspecified atom stereocenters. The van der Waals surface area contributed by atoms with Crippen LogP contribution in [-0.2, 0) is 17.6 Å². The summed E-state index contributed by atoms with van der Waals surface area (Å²) in [6.07, 6.45) is 0.977. The predicted octanol–water partition coefficient (Wildman–Crippen LogP) is 2.29. The van der Waals surface area contributed by atoms with E-state index in [0.717, 1.165) is 17.5 Å². The van der Waals surface area contributed by atoms with E-state index in [0.29, 0.717) is 13.0 Å². The van der Waals surface area contributed by atoms with Crippen molar-refractivity contribution in [2.24, 2.45) is 0 Å². The maximum Gasteiger partial charge on any atom is 0.407 e. The quantitative estimate of drug-likeness (QED) is 0.858. The van der Waals surface area contributed by atoms with E-state index >= 15 is 0 Å². The van der Waals surface area contributed by atoms with Gasteiger partial charge in [-0.05, 0) is 44.7 Å². The van der Waals surface area contributed by atoms with Gasteiger partial charge in [-0.25, -0.2) is 4.79 Å². The summed E-state index contributed by atoms with van der Waals surface area (Å²) in [6, 6.07) is 7.93. The summed E-state index contributed by atoms with van der Waals surface area (Å²) >= 11 is 0. The number of aliphatic hydroxyl groups is 1. The zero-order valence-electron chi connectivity index (χ0n) is 11.9. The number of alkyl carbamates (subject to hydrolysis) is 1. The lowest BCUT2D eigenvalue weighted by atomic mass is 10.0. The largest absolute Gasteiger partial charge is 0.444 e. The minimum Gasteiger partial charge on any atom is -0.444 e. The van der Waals surface area contributed by atoms with Crippen molar-refractivity contribution in [1.82, 2.24) is 5.32 Å². The minimum atomic E-state index is -0.473. The third-order valence-corrected chi connectivity index (χ3v) is 2.56. The Morgan fingerprint density at radius 3 is 2.32 bits per heavy atom. The smallest absolute Gasteiger partial charge is 0.407 e. The van der Waals surface area contributed by atoms with Crippen LogP contribution in [0, 0.1) is 0 Å². The van der Waals surface area contributed by atoms with Crippen LogP contribution >= 0.6 is 0 Å². The van der Waals surface area contributed by atoms with Gasteiger partial charge in [-0.3, -0.25) is 0 Å². The molecule has 0 aromatic heterocycles. The fourth-order valence-electron chi connectivity index (χ4n) is 1.78. The van der Waals surface area contributed by atoms with E-state index in [1.54, 1.807) is 0 Å². The Hall–Kier alpha value is -1.55. The highest BCUT2D eigenvalue weighted by Crippen LogP contribution is 2.10. The molecule has 0 spiro atoms. The molecule has 0 aliphatic heterocycles. The highest BCUT2D eigenvalue weighted by atomic mass is 16.6. The number of amides is 1. The number of nitrogens with one attached hydrogen (secondary N) is 1. The Labute approximate surface area is 114 Å². The summed E-state index contributed by atoms with van der Waals surface area (Å²) in [7, 11) is 0. The molecule has 0 saturated carbocycles. The van der Waals surface area contributed by atoms with Gasteiger partial charge in [0.15, 0.2) is 0 Å². The maximum atomic E-state index is 11.5. The average molecular weight is 265 g/mol. The van der Waals surface area contributed by atoms with Crippen molar-refractivity contribution in [3.63, 3.8) is 0 Å². The van der Waals surface area contributed by atoms with E-state index < -0.39 is 11.7 Å². The minimum absolute atomic E-state index is 0.135. The number of rotatable bonds is 5. The Kier molecular flexibility index (Phi) is 5.83. The molecule has 1 amide bonds. The van der Waals surface area contributed by atoms with Crippen LogP contribution in [0.5, 0.6) is 0 Å². The van der Waals surface area contributed by atoms with Crippen LogP contribution in [0.4, 0.5) is 4.79 Å². The number of carbonyl (C=O) groups excluding carboxylic acids is 1. The first-order valence-corrected chi connectivity index (χ1v) is 6.57. The molecule has 0 radical (unpaired) electrons. The molecule has 1 aromatic rings. The van der Waals surface area contributed by atoms with Gasteiger partial charge in [-0.2, -0.15) is 0 Å². The lowest BCUT2D eigenvalue weighted by molar-refractivity contribution is 0.0528. The zero-order valence-corrected chi connectivity index (χ0v) is 11.9. The van der Waals surface area contributed by atoms with Crippen LogP contribution in [0.25, 0.3) is 0 Å². The zero-order chi connectivity index (χ0) is 14.3. The summed E-state index contributed by atoms with van der Waals surface area (Å²) < 4.78 is 5.16. The van der Waals surface area contributed by atoms with Gasteiger partial charge in [0.05, 0.1) is 0 Å². The molecule has 1 aromatic carbocycles. The van der Waals surface area contributed by atoms with Crippen LogP contribution in [0.15, 0.2) is 24.3 Å². The van der Waals surface area contributed by atoms with E-state index in [1.165, 1.54) is 0 Å². The molecule has 0 saturated heterocycles. The van der Waals surface area contributed by atoms with Crippen LogP contribution < -0.4 is 5.32 Å². The summed E-state index contributed by atoms with van der Waals surface area (Å²) in [5, 5.41) is 11.7.